The summed E-state index contributed by atoms with van der Waals surface area (Å²) < 4.78 is 0. The van der Waals surface area contributed by atoms with Crippen LogP contribution in [0.1, 0.15) is 55.4 Å². The van der Waals surface area contributed by atoms with Crippen molar-refractivity contribution >= 4 is 0 Å². The minimum atomic E-state index is -0.167. The topological polar surface area (TPSA) is 111 Å². The van der Waals surface area contributed by atoms with E-state index in [4.69, 9.17) is 20.4 Å². The van der Waals surface area contributed by atoms with Crippen LogP contribution in [0.25, 0.3) is 0 Å². The van der Waals surface area contributed by atoms with Crippen LogP contribution in [0.3, 0.4) is 0 Å². The molecule has 0 aliphatic carbocycles. The first-order valence-electron chi connectivity index (χ1n) is 5.65. The van der Waals surface area contributed by atoms with E-state index >= 15 is 0 Å². The van der Waals surface area contributed by atoms with Gasteiger partial charge < -0.3 is 25.9 Å². The smallest absolute Gasteiger partial charge is 0.870 e. The standard InChI is InChI=1S/4C3H8O.K.H2O.Ti/c4*1-3(2)4;;;/h4*3-4H,1-2H3;;1H2;/q;;;;+1;;/p-1. The second-order valence-electron chi connectivity index (χ2n) is 4.37. The molecule has 0 aromatic carbocycles. The predicted molar refractivity (Wildman–Crippen MR) is 71.4 cm³/mol. The maximum atomic E-state index is 8.06. The van der Waals surface area contributed by atoms with Gasteiger partial charge in [-0.2, -0.15) is 0 Å². The number of hydrogen-bond acceptors (Lipinski definition) is 5. The molecule has 5 nitrogen and oxygen atoms in total. The van der Waals surface area contributed by atoms with E-state index in [1.807, 2.05) is 0 Å². The molecular weight excluding hydrogens is 311 g/mol. The Hall–Kier alpha value is 2.15. The summed E-state index contributed by atoms with van der Waals surface area (Å²) in [6.07, 6.45) is -0.667. The Labute approximate surface area is 176 Å². The molecule has 0 aliphatic rings. The molecule has 0 amide bonds. The SMILES string of the molecule is CC(C)O.CC(C)O.CC(C)O.CC(C)O.[K+].[OH-].[Ti]. The third kappa shape index (κ3) is 1440. The quantitative estimate of drug-likeness (QED) is 0.395. The van der Waals surface area contributed by atoms with Gasteiger partial charge in [0.25, 0.3) is 0 Å². The van der Waals surface area contributed by atoms with Crippen molar-refractivity contribution in [1.82, 2.24) is 0 Å². The molecule has 0 heterocycles. The van der Waals surface area contributed by atoms with Crippen molar-refractivity contribution in [3.05, 3.63) is 0 Å². The Morgan fingerprint density at radius 3 is 0.474 bits per heavy atom. The van der Waals surface area contributed by atoms with E-state index in [1.165, 1.54) is 0 Å². The van der Waals surface area contributed by atoms with Gasteiger partial charge >= 0.3 is 51.4 Å². The Kier molecular flexibility index (Phi) is 83.3. The van der Waals surface area contributed by atoms with Gasteiger partial charge in [0.2, 0.25) is 0 Å². The molecule has 19 heavy (non-hydrogen) atoms. The zero-order chi connectivity index (χ0) is 14.3. The first-order chi connectivity index (χ1) is 6.93. The van der Waals surface area contributed by atoms with E-state index in [0.717, 1.165) is 0 Å². The van der Waals surface area contributed by atoms with Crippen molar-refractivity contribution in [2.24, 2.45) is 0 Å². The van der Waals surface area contributed by atoms with Crippen LogP contribution in [0.15, 0.2) is 0 Å². The minimum Gasteiger partial charge on any atom is -0.870 e. The molecule has 0 atom stereocenters. The first kappa shape index (κ1) is 42.9. The Morgan fingerprint density at radius 2 is 0.474 bits per heavy atom. The molecule has 0 fully saturated rings. The van der Waals surface area contributed by atoms with Crippen molar-refractivity contribution in [3.8, 4) is 0 Å². The summed E-state index contributed by atoms with van der Waals surface area (Å²) in [5.41, 5.74) is 0. The molecule has 0 spiro atoms. The van der Waals surface area contributed by atoms with Crippen LogP contribution in [-0.4, -0.2) is 50.3 Å². The molecule has 116 valence electrons. The van der Waals surface area contributed by atoms with Crippen molar-refractivity contribution in [2.75, 3.05) is 0 Å². The molecule has 0 aromatic rings. The maximum Gasteiger partial charge on any atom is 1.00 e. The first-order valence-corrected chi connectivity index (χ1v) is 5.65. The van der Waals surface area contributed by atoms with Gasteiger partial charge in [-0.25, -0.2) is 0 Å². The van der Waals surface area contributed by atoms with E-state index in [2.05, 4.69) is 0 Å². The Morgan fingerprint density at radius 1 is 0.474 bits per heavy atom. The molecule has 0 bridgehead atoms. The van der Waals surface area contributed by atoms with E-state index in [9.17, 15) is 0 Å². The molecule has 0 unspecified atom stereocenters. The van der Waals surface area contributed by atoms with E-state index in [1.54, 1.807) is 55.4 Å². The van der Waals surface area contributed by atoms with E-state index in [-0.39, 0.29) is 103 Å². The summed E-state index contributed by atoms with van der Waals surface area (Å²) >= 11 is 0. The third-order valence-corrected chi connectivity index (χ3v) is 0. The van der Waals surface area contributed by atoms with Crippen LogP contribution in [0.2, 0.25) is 0 Å². The van der Waals surface area contributed by atoms with Gasteiger partial charge in [0.05, 0.1) is 0 Å². The fourth-order valence-electron chi connectivity index (χ4n) is 0. The number of aliphatic hydroxyl groups is 4. The summed E-state index contributed by atoms with van der Waals surface area (Å²) in [4.78, 5) is 0. The summed E-state index contributed by atoms with van der Waals surface area (Å²) in [5.74, 6) is 0. The second kappa shape index (κ2) is 36.9. The van der Waals surface area contributed by atoms with Gasteiger partial charge in [-0.05, 0) is 55.4 Å². The molecule has 0 aromatic heterocycles. The second-order valence-corrected chi connectivity index (χ2v) is 4.37. The normalized spacial score (nSPS) is 7.58. The predicted octanol–water partition coefficient (Wildman–Crippen LogP) is -1.63. The molecular formula is C12H33KO5Ti. The molecule has 0 radical (unpaired) electrons. The summed E-state index contributed by atoms with van der Waals surface area (Å²) in [6, 6.07) is 0. The number of rotatable bonds is 0. The van der Waals surface area contributed by atoms with Gasteiger partial charge in [-0.3, -0.25) is 0 Å². The van der Waals surface area contributed by atoms with Crippen LogP contribution >= 0.6 is 0 Å². The maximum absolute atomic E-state index is 8.06. The molecule has 7 heteroatoms. The molecule has 0 aliphatic heterocycles. The van der Waals surface area contributed by atoms with Crippen LogP contribution in [0.5, 0.6) is 0 Å². The van der Waals surface area contributed by atoms with Crippen LogP contribution in [-0.2, 0) is 21.7 Å². The summed E-state index contributed by atoms with van der Waals surface area (Å²) in [7, 11) is 0. The average Bonchev–Trinajstić information content (AvgIpc) is 1.76. The van der Waals surface area contributed by atoms with Crippen LogP contribution in [0, 0.1) is 0 Å². The van der Waals surface area contributed by atoms with Gasteiger partial charge in [0, 0.05) is 46.1 Å². The van der Waals surface area contributed by atoms with Gasteiger partial charge in [-0.1, -0.05) is 0 Å². The number of aliphatic hydroxyl groups excluding tert-OH is 4. The van der Waals surface area contributed by atoms with Crippen molar-refractivity contribution < 1.29 is 99.0 Å². The summed E-state index contributed by atoms with van der Waals surface area (Å²) in [5, 5.41) is 32.2. The molecule has 0 saturated heterocycles. The fraction of sp³-hybridized carbons (Fsp3) is 1.00. The third-order valence-electron chi connectivity index (χ3n) is 0. The van der Waals surface area contributed by atoms with Gasteiger partial charge in [0.15, 0.2) is 0 Å². The van der Waals surface area contributed by atoms with Crippen molar-refractivity contribution in [3.63, 3.8) is 0 Å². The van der Waals surface area contributed by atoms with Gasteiger partial charge in [-0.15, -0.1) is 0 Å². The average molecular weight is 344 g/mol. The Bertz CT molecular complexity index is 69.1. The Balaban J connectivity index is -0.0000000192. The van der Waals surface area contributed by atoms with Gasteiger partial charge in [0.1, 0.15) is 0 Å². The van der Waals surface area contributed by atoms with E-state index < -0.39 is 0 Å². The van der Waals surface area contributed by atoms with E-state index in [0.29, 0.717) is 0 Å². The fourth-order valence-corrected chi connectivity index (χ4v) is 0. The van der Waals surface area contributed by atoms with Crippen molar-refractivity contribution in [1.29, 1.82) is 0 Å². The zero-order valence-corrected chi connectivity index (χ0v) is 18.7. The van der Waals surface area contributed by atoms with Crippen LogP contribution in [0.4, 0.5) is 0 Å². The zero-order valence-electron chi connectivity index (χ0n) is 14.0. The largest absolute Gasteiger partial charge is 1.00 e. The summed E-state index contributed by atoms with van der Waals surface area (Å²) in [6.45, 7) is 13.8. The van der Waals surface area contributed by atoms with Crippen LogP contribution < -0.4 is 51.4 Å². The molecule has 5 N–H and O–H groups in total. The molecule has 0 rings (SSSR count). The minimum absolute atomic E-state index is 0. The molecule has 0 saturated carbocycles. The monoisotopic (exact) mass is 344 g/mol. The number of hydrogen-bond donors (Lipinski definition) is 4. The van der Waals surface area contributed by atoms with Crippen molar-refractivity contribution in [2.45, 2.75) is 79.8 Å².